The van der Waals surface area contributed by atoms with Gasteiger partial charge in [0.15, 0.2) is 5.16 Å². The largest absolute Gasteiger partial charge is 0.325 e. The Morgan fingerprint density at radius 1 is 1.00 bits per heavy atom. The van der Waals surface area contributed by atoms with E-state index < -0.39 is 0 Å². The Labute approximate surface area is 206 Å². The van der Waals surface area contributed by atoms with Gasteiger partial charge in [-0.15, -0.1) is 10.2 Å². The highest BCUT2D eigenvalue weighted by Gasteiger charge is 2.19. The minimum absolute atomic E-state index is 0.136. The smallest absolute Gasteiger partial charge is 0.267 e. The molecule has 7 nitrogen and oxygen atoms in total. The first-order valence-corrected chi connectivity index (χ1v) is 12.4. The number of rotatable bonds is 6. The lowest BCUT2D eigenvalue weighted by Crippen LogP contribution is -2.22. The van der Waals surface area contributed by atoms with E-state index in [1.165, 1.54) is 17.3 Å². The molecule has 0 atom stereocenters. The molecule has 2 aromatic heterocycles. The highest BCUT2D eigenvalue weighted by molar-refractivity contribution is 7.99. The summed E-state index contributed by atoms with van der Waals surface area (Å²) in [5.74, 6) is 0.441. The topological polar surface area (TPSA) is 81.3 Å². The van der Waals surface area contributed by atoms with Crippen molar-refractivity contribution < 1.29 is 4.79 Å². The van der Waals surface area contributed by atoms with Crippen molar-refractivity contribution in [3.05, 3.63) is 93.8 Å². The Kier molecular flexibility index (Phi) is 6.13. The Hall–Kier alpha value is -3.91. The lowest BCUT2D eigenvalue weighted by molar-refractivity contribution is -0.113. The van der Waals surface area contributed by atoms with E-state index in [9.17, 15) is 9.59 Å². The van der Waals surface area contributed by atoms with Crippen molar-refractivity contribution in [2.75, 3.05) is 11.1 Å². The number of carbonyl (C=O) groups excluding carboxylic acids is 1. The van der Waals surface area contributed by atoms with Crippen LogP contribution in [0.1, 0.15) is 23.6 Å². The lowest BCUT2D eigenvalue weighted by Gasteiger charge is -2.14. The highest BCUT2D eigenvalue weighted by Crippen LogP contribution is 2.25. The van der Waals surface area contributed by atoms with Crippen LogP contribution in [0.3, 0.4) is 0 Å². The summed E-state index contributed by atoms with van der Waals surface area (Å²) in [5.41, 5.74) is 5.29. The number of fused-ring (bicyclic) bond motifs is 3. The molecule has 176 valence electrons. The van der Waals surface area contributed by atoms with E-state index in [-0.39, 0.29) is 17.2 Å². The average Bonchev–Trinajstić information content (AvgIpc) is 3.29. The van der Waals surface area contributed by atoms with Gasteiger partial charge < -0.3 is 5.32 Å². The summed E-state index contributed by atoms with van der Waals surface area (Å²) in [6.07, 6.45) is 0.950. The van der Waals surface area contributed by atoms with Gasteiger partial charge in [0.2, 0.25) is 11.7 Å². The van der Waals surface area contributed by atoms with E-state index in [1.54, 1.807) is 10.6 Å². The molecule has 1 N–H and O–H groups in total. The predicted molar refractivity (Wildman–Crippen MR) is 141 cm³/mol. The number of nitrogens with one attached hydrogen (secondary N) is 1. The standard InChI is InChI=1S/C27H25N5O2S/c1-4-19-11-13-20(14-12-19)28-24(33)16-35-27-30-29-26-31(23-15-17(2)9-10-18(23)3)25(34)21-7-5-6-8-22(21)32(26)27/h5-15H,4,16H2,1-3H3,(H,28,33). The van der Waals surface area contributed by atoms with Crippen LogP contribution in [-0.2, 0) is 11.2 Å². The van der Waals surface area contributed by atoms with Gasteiger partial charge in [-0.3, -0.25) is 14.0 Å². The maximum atomic E-state index is 13.5. The molecule has 0 radical (unpaired) electrons. The summed E-state index contributed by atoms with van der Waals surface area (Å²) in [6.45, 7) is 6.05. The minimum atomic E-state index is -0.154. The first-order chi connectivity index (χ1) is 17.0. The van der Waals surface area contributed by atoms with E-state index in [0.29, 0.717) is 21.8 Å². The van der Waals surface area contributed by atoms with Crippen LogP contribution >= 0.6 is 11.8 Å². The zero-order valence-electron chi connectivity index (χ0n) is 19.8. The monoisotopic (exact) mass is 483 g/mol. The SMILES string of the molecule is CCc1ccc(NC(=O)CSc2nnc3n(-c4cc(C)ccc4C)c(=O)c4ccccc4n23)cc1. The summed E-state index contributed by atoms with van der Waals surface area (Å²) in [4.78, 5) is 26.2. The molecule has 5 aromatic rings. The number of anilines is 1. The molecule has 3 aromatic carbocycles. The lowest BCUT2D eigenvalue weighted by atomic mass is 10.1. The molecule has 0 aliphatic heterocycles. The second kappa shape index (κ2) is 9.38. The fraction of sp³-hybridized carbons (Fsp3) is 0.185. The Balaban J connectivity index is 1.54. The van der Waals surface area contributed by atoms with E-state index in [2.05, 4.69) is 22.4 Å². The molecule has 0 unspecified atom stereocenters. The molecule has 2 heterocycles. The zero-order valence-corrected chi connectivity index (χ0v) is 20.6. The van der Waals surface area contributed by atoms with Crippen LogP contribution in [0.2, 0.25) is 0 Å². The summed E-state index contributed by atoms with van der Waals surface area (Å²) in [6, 6.07) is 21.2. The summed E-state index contributed by atoms with van der Waals surface area (Å²) in [5, 5.41) is 12.8. The maximum absolute atomic E-state index is 13.5. The Morgan fingerprint density at radius 3 is 2.54 bits per heavy atom. The van der Waals surface area contributed by atoms with Crippen LogP contribution in [0.5, 0.6) is 0 Å². The van der Waals surface area contributed by atoms with Gasteiger partial charge in [-0.2, -0.15) is 0 Å². The van der Waals surface area contributed by atoms with Gasteiger partial charge in [-0.25, -0.2) is 4.57 Å². The zero-order chi connectivity index (χ0) is 24.5. The number of carbonyl (C=O) groups is 1. The fourth-order valence-corrected chi connectivity index (χ4v) is 4.84. The summed E-state index contributed by atoms with van der Waals surface area (Å²) in [7, 11) is 0. The third-order valence-electron chi connectivity index (χ3n) is 5.98. The van der Waals surface area contributed by atoms with E-state index >= 15 is 0 Å². The number of hydrogen-bond acceptors (Lipinski definition) is 5. The summed E-state index contributed by atoms with van der Waals surface area (Å²) < 4.78 is 3.46. The summed E-state index contributed by atoms with van der Waals surface area (Å²) >= 11 is 1.29. The van der Waals surface area contributed by atoms with Gasteiger partial charge in [0, 0.05) is 5.69 Å². The minimum Gasteiger partial charge on any atom is -0.325 e. The van der Waals surface area contributed by atoms with Crippen LogP contribution in [0.25, 0.3) is 22.4 Å². The number of amides is 1. The number of benzene rings is 3. The van der Waals surface area contributed by atoms with E-state index in [1.807, 2.05) is 78.9 Å². The van der Waals surface area contributed by atoms with Gasteiger partial charge >= 0.3 is 0 Å². The number of nitrogens with zero attached hydrogens (tertiary/aromatic N) is 4. The van der Waals surface area contributed by atoms with Crippen LogP contribution in [0.4, 0.5) is 5.69 Å². The van der Waals surface area contributed by atoms with Crippen molar-refractivity contribution in [2.24, 2.45) is 0 Å². The number of para-hydroxylation sites is 1. The van der Waals surface area contributed by atoms with Gasteiger partial charge in [-0.05, 0) is 67.3 Å². The normalized spacial score (nSPS) is 11.3. The maximum Gasteiger partial charge on any atom is 0.267 e. The molecule has 0 spiro atoms. The first kappa shape index (κ1) is 22.9. The van der Waals surface area contributed by atoms with Crippen molar-refractivity contribution in [3.8, 4) is 5.69 Å². The fourth-order valence-electron chi connectivity index (χ4n) is 4.10. The van der Waals surface area contributed by atoms with Crippen LogP contribution < -0.4 is 10.9 Å². The molecular weight excluding hydrogens is 458 g/mol. The third kappa shape index (κ3) is 4.33. The van der Waals surface area contributed by atoms with Crippen molar-refractivity contribution in [1.29, 1.82) is 0 Å². The average molecular weight is 484 g/mol. The highest BCUT2D eigenvalue weighted by atomic mass is 32.2. The predicted octanol–water partition coefficient (Wildman–Crippen LogP) is 4.94. The number of aromatic nitrogens is 4. The molecular formula is C27H25N5O2S. The molecule has 5 rings (SSSR count). The Bertz CT molecular complexity index is 1620. The molecule has 8 heteroatoms. The molecule has 0 aliphatic rings. The molecule has 0 bridgehead atoms. The van der Waals surface area contributed by atoms with Crippen molar-refractivity contribution in [2.45, 2.75) is 32.3 Å². The number of hydrogen-bond donors (Lipinski definition) is 1. The van der Waals surface area contributed by atoms with Crippen molar-refractivity contribution in [3.63, 3.8) is 0 Å². The molecule has 0 saturated carbocycles. The van der Waals surface area contributed by atoms with E-state index in [0.717, 1.165) is 28.9 Å². The van der Waals surface area contributed by atoms with Gasteiger partial charge in [0.25, 0.3) is 5.56 Å². The van der Waals surface area contributed by atoms with Gasteiger partial charge in [-0.1, -0.05) is 55.1 Å². The Morgan fingerprint density at radius 2 is 1.77 bits per heavy atom. The van der Waals surface area contributed by atoms with Crippen LogP contribution in [-0.4, -0.2) is 30.8 Å². The first-order valence-electron chi connectivity index (χ1n) is 11.4. The number of aryl methyl sites for hydroxylation is 3. The van der Waals surface area contributed by atoms with E-state index in [4.69, 9.17) is 0 Å². The third-order valence-corrected chi connectivity index (χ3v) is 6.91. The number of thioether (sulfide) groups is 1. The second-order valence-corrected chi connectivity index (χ2v) is 9.40. The molecule has 35 heavy (non-hydrogen) atoms. The van der Waals surface area contributed by atoms with Gasteiger partial charge in [0.1, 0.15) is 0 Å². The van der Waals surface area contributed by atoms with Gasteiger partial charge in [0.05, 0.1) is 22.3 Å². The quantitative estimate of drug-likeness (QED) is 0.346. The van der Waals surface area contributed by atoms with Crippen LogP contribution in [0, 0.1) is 13.8 Å². The van der Waals surface area contributed by atoms with Crippen molar-refractivity contribution >= 4 is 40.0 Å². The molecule has 0 aliphatic carbocycles. The van der Waals surface area contributed by atoms with Crippen LogP contribution in [0.15, 0.2) is 76.7 Å². The molecule has 0 saturated heterocycles. The molecule has 0 fully saturated rings. The second-order valence-electron chi connectivity index (χ2n) is 8.45. The van der Waals surface area contributed by atoms with Crippen molar-refractivity contribution in [1.82, 2.24) is 19.2 Å². The molecule has 1 amide bonds.